The minimum Gasteiger partial charge on any atom is -0.387 e. The molecule has 2 heterocycles. The average molecular weight is 199 g/mol. The number of aliphatic hydroxyl groups is 1. The van der Waals surface area contributed by atoms with Gasteiger partial charge in [-0.05, 0) is 30.4 Å². The molecule has 2 atom stereocenters. The Bertz CT molecular complexity index is 244. The van der Waals surface area contributed by atoms with Gasteiger partial charge in [0.15, 0.2) is 0 Å². The van der Waals surface area contributed by atoms with Crippen molar-refractivity contribution < 1.29 is 9.84 Å². The van der Waals surface area contributed by atoms with E-state index < -0.39 is 0 Å². The largest absolute Gasteiger partial charge is 0.387 e. The first-order chi connectivity index (χ1) is 6.38. The molecule has 0 spiro atoms. The van der Waals surface area contributed by atoms with Crippen molar-refractivity contribution in [3.8, 4) is 0 Å². The first kappa shape index (κ1) is 9.12. The van der Waals surface area contributed by atoms with Crippen molar-refractivity contribution in [1.29, 1.82) is 0 Å². The van der Waals surface area contributed by atoms with E-state index in [0.717, 1.165) is 24.3 Å². The average Bonchev–Trinajstić information content (AvgIpc) is 2.71. The van der Waals surface area contributed by atoms with Gasteiger partial charge in [-0.25, -0.2) is 4.37 Å². The molecule has 0 aliphatic carbocycles. The molecule has 13 heavy (non-hydrogen) atoms. The van der Waals surface area contributed by atoms with E-state index in [4.69, 9.17) is 4.74 Å². The second-order valence-electron chi connectivity index (χ2n) is 3.34. The first-order valence-electron chi connectivity index (χ1n) is 4.54. The lowest BCUT2D eigenvalue weighted by atomic mass is 9.95. The van der Waals surface area contributed by atoms with Gasteiger partial charge in [-0.2, -0.15) is 0 Å². The molecule has 4 heteroatoms. The van der Waals surface area contributed by atoms with Crippen LogP contribution < -0.4 is 0 Å². The maximum absolute atomic E-state index is 9.92. The molecule has 0 aromatic carbocycles. The van der Waals surface area contributed by atoms with Crippen molar-refractivity contribution in [2.75, 3.05) is 13.2 Å². The van der Waals surface area contributed by atoms with Gasteiger partial charge in [0.2, 0.25) is 0 Å². The fourth-order valence-electron chi connectivity index (χ4n) is 1.63. The highest BCUT2D eigenvalue weighted by Gasteiger charge is 2.24. The van der Waals surface area contributed by atoms with Crippen LogP contribution in [0.4, 0.5) is 0 Å². The van der Waals surface area contributed by atoms with E-state index in [9.17, 15) is 5.11 Å². The SMILES string of the molecule is OC(c1ccns1)C1CCCOC1. The van der Waals surface area contributed by atoms with Gasteiger partial charge < -0.3 is 9.84 Å². The summed E-state index contributed by atoms with van der Waals surface area (Å²) in [6.45, 7) is 1.52. The fraction of sp³-hybridized carbons (Fsp3) is 0.667. The highest BCUT2D eigenvalue weighted by molar-refractivity contribution is 7.05. The van der Waals surface area contributed by atoms with Crippen molar-refractivity contribution in [2.24, 2.45) is 5.92 Å². The van der Waals surface area contributed by atoms with Crippen LogP contribution in [0.2, 0.25) is 0 Å². The molecule has 0 radical (unpaired) electrons. The molecule has 0 amide bonds. The number of aliphatic hydroxyl groups excluding tert-OH is 1. The molecular formula is C9H13NO2S. The van der Waals surface area contributed by atoms with Crippen LogP contribution in [-0.2, 0) is 4.74 Å². The second kappa shape index (κ2) is 4.17. The summed E-state index contributed by atoms with van der Waals surface area (Å²) in [7, 11) is 0. The van der Waals surface area contributed by atoms with Crippen molar-refractivity contribution in [1.82, 2.24) is 4.37 Å². The van der Waals surface area contributed by atoms with Crippen LogP contribution in [0.5, 0.6) is 0 Å². The number of nitrogens with zero attached hydrogens (tertiary/aromatic N) is 1. The summed E-state index contributed by atoms with van der Waals surface area (Å²) in [4.78, 5) is 0.954. The summed E-state index contributed by atoms with van der Waals surface area (Å²) in [6, 6.07) is 1.88. The third kappa shape index (κ3) is 2.07. The van der Waals surface area contributed by atoms with Crippen molar-refractivity contribution in [3.63, 3.8) is 0 Å². The van der Waals surface area contributed by atoms with Gasteiger partial charge in [-0.3, -0.25) is 0 Å². The monoisotopic (exact) mass is 199 g/mol. The summed E-state index contributed by atoms with van der Waals surface area (Å²) >= 11 is 1.37. The minimum absolute atomic E-state index is 0.259. The van der Waals surface area contributed by atoms with Crippen LogP contribution in [-0.4, -0.2) is 22.7 Å². The molecule has 1 aromatic heterocycles. The van der Waals surface area contributed by atoms with E-state index >= 15 is 0 Å². The standard InChI is InChI=1S/C9H13NO2S/c11-9(8-3-4-10-13-8)7-2-1-5-12-6-7/h3-4,7,9,11H,1-2,5-6H2. The Labute approximate surface area is 81.5 Å². The smallest absolute Gasteiger partial charge is 0.0947 e. The summed E-state index contributed by atoms with van der Waals surface area (Å²) in [5.74, 6) is 0.259. The van der Waals surface area contributed by atoms with E-state index in [0.29, 0.717) is 6.61 Å². The van der Waals surface area contributed by atoms with Crippen LogP contribution in [0.25, 0.3) is 0 Å². The lowest BCUT2D eigenvalue weighted by Crippen LogP contribution is -2.23. The fourth-order valence-corrected chi connectivity index (χ4v) is 2.29. The van der Waals surface area contributed by atoms with Crippen molar-refractivity contribution >= 4 is 11.5 Å². The zero-order chi connectivity index (χ0) is 9.10. The minimum atomic E-state index is -0.382. The molecule has 72 valence electrons. The van der Waals surface area contributed by atoms with Gasteiger partial charge in [0.25, 0.3) is 0 Å². The van der Waals surface area contributed by atoms with E-state index in [2.05, 4.69) is 4.37 Å². The number of ether oxygens (including phenoxy) is 1. The van der Waals surface area contributed by atoms with Crippen LogP contribution in [0, 0.1) is 5.92 Å². The maximum atomic E-state index is 9.92. The maximum Gasteiger partial charge on any atom is 0.0947 e. The summed E-state index contributed by atoms with van der Waals surface area (Å²) < 4.78 is 9.30. The molecule has 1 aliphatic rings. The Kier molecular flexibility index (Phi) is 2.93. The Morgan fingerprint density at radius 2 is 2.62 bits per heavy atom. The highest BCUT2D eigenvalue weighted by Crippen LogP contribution is 2.29. The second-order valence-corrected chi connectivity index (χ2v) is 4.20. The van der Waals surface area contributed by atoms with Crippen molar-refractivity contribution in [2.45, 2.75) is 18.9 Å². The molecule has 1 aromatic rings. The molecule has 2 rings (SSSR count). The third-order valence-corrected chi connectivity index (χ3v) is 3.21. The van der Waals surface area contributed by atoms with Crippen LogP contribution in [0.1, 0.15) is 23.8 Å². The Balaban J connectivity index is 1.99. The Morgan fingerprint density at radius 1 is 1.69 bits per heavy atom. The van der Waals surface area contributed by atoms with Crippen LogP contribution in [0.15, 0.2) is 12.3 Å². The van der Waals surface area contributed by atoms with Gasteiger partial charge in [0.05, 0.1) is 17.6 Å². The predicted molar refractivity (Wildman–Crippen MR) is 50.6 cm³/mol. The number of hydrogen-bond acceptors (Lipinski definition) is 4. The zero-order valence-electron chi connectivity index (χ0n) is 7.35. The lowest BCUT2D eigenvalue weighted by Gasteiger charge is -2.25. The topological polar surface area (TPSA) is 42.4 Å². The van der Waals surface area contributed by atoms with Gasteiger partial charge in [-0.1, -0.05) is 0 Å². The van der Waals surface area contributed by atoms with E-state index in [1.165, 1.54) is 11.5 Å². The number of aromatic nitrogens is 1. The van der Waals surface area contributed by atoms with Gasteiger partial charge in [0.1, 0.15) is 0 Å². The molecule has 2 unspecified atom stereocenters. The normalized spacial score (nSPS) is 25.8. The molecule has 1 aliphatic heterocycles. The molecule has 1 saturated heterocycles. The quantitative estimate of drug-likeness (QED) is 0.786. The molecule has 1 fully saturated rings. The van der Waals surface area contributed by atoms with E-state index in [-0.39, 0.29) is 12.0 Å². The van der Waals surface area contributed by atoms with Crippen LogP contribution in [0.3, 0.4) is 0 Å². The Morgan fingerprint density at radius 3 is 3.23 bits per heavy atom. The lowest BCUT2D eigenvalue weighted by molar-refractivity contribution is -0.00863. The molecule has 1 N–H and O–H groups in total. The molecule has 0 bridgehead atoms. The summed E-state index contributed by atoms with van der Waals surface area (Å²) in [6.07, 6.45) is 3.46. The van der Waals surface area contributed by atoms with Gasteiger partial charge in [-0.15, -0.1) is 0 Å². The van der Waals surface area contributed by atoms with Crippen molar-refractivity contribution in [3.05, 3.63) is 17.1 Å². The first-order valence-corrected chi connectivity index (χ1v) is 5.31. The number of rotatable bonds is 2. The summed E-state index contributed by atoms with van der Waals surface area (Å²) in [5, 5.41) is 9.92. The molecule has 0 saturated carbocycles. The predicted octanol–water partition coefficient (Wildman–Crippen LogP) is 1.60. The Hall–Kier alpha value is -0.450. The van der Waals surface area contributed by atoms with E-state index in [1.807, 2.05) is 6.07 Å². The van der Waals surface area contributed by atoms with Crippen LogP contribution >= 0.6 is 11.5 Å². The third-order valence-electron chi connectivity index (χ3n) is 2.39. The van der Waals surface area contributed by atoms with Gasteiger partial charge >= 0.3 is 0 Å². The van der Waals surface area contributed by atoms with Gasteiger partial charge in [0, 0.05) is 18.7 Å². The molecular weight excluding hydrogens is 186 g/mol. The molecule has 3 nitrogen and oxygen atoms in total. The number of hydrogen-bond donors (Lipinski definition) is 1. The zero-order valence-corrected chi connectivity index (χ0v) is 8.17. The van der Waals surface area contributed by atoms with E-state index in [1.54, 1.807) is 6.20 Å². The summed E-state index contributed by atoms with van der Waals surface area (Å²) in [5.41, 5.74) is 0. The highest BCUT2D eigenvalue weighted by atomic mass is 32.1.